The molecule has 10 nitrogen and oxygen atoms in total. The minimum Gasteiger partial charge on any atom is -0.326 e. The molecule has 218 valence electrons. The Kier molecular flexibility index (Phi) is 11.7. The van der Waals surface area contributed by atoms with Crippen molar-refractivity contribution >= 4 is 47.4 Å². The number of hydrogen-bond donors (Lipinski definition) is 4. The average Bonchev–Trinajstić information content (AvgIpc) is 2.95. The molecule has 0 aliphatic rings. The molecule has 0 aliphatic carbocycles. The average molecular weight is 569 g/mol. The topological polar surface area (TPSA) is 141 Å². The van der Waals surface area contributed by atoms with Crippen molar-refractivity contribution < 1.29 is 19.2 Å². The molecule has 0 atom stereocenters. The summed E-state index contributed by atoms with van der Waals surface area (Å²) in [6.07, 6.45) is 3.07. The molecule has 4 amide bonds. The number of carbonyl (C=O) groups excluding carboxylic acids is 4. The molecule has 0 heterocycles. The van der Waals surface area contributed by atoms with Crippen molar-refractivity contribution in [3.05, 3.63) is 94.0 Å². The van der Waals surface area contributed by atoms with E-state index in [0.717, 1.165) is 44.8 Å². The van der Waals surface area contributed by atoms with Gasteiger partial charge in [-0.3, -0.25) is 19.2 Å². The maximum absolute atomic E-state index is 12.2. The number of rotatable bonds is 12. The molecular formula is C32H36N6O4. The molecule has 3 aromatic carbocycles. The Bertz CT molecular complexity index is 1380. The van der Waals surface area contributed by atoms with Gasteiger partial charge in [0.1, 0.15) is 0 Å². The second-order valence-electron chi connectivity index (χ2n) is 9.99. The molecule has 10 heteroatoms. The van der Waals surface area contributed by atoms with Gasteiger partial charge in [-0.25, -0.2) is 10.9 Å². The molecule has 0 saturated carbocycles. The zero-order valence-electron chi connectivity index (χ0n) is 24.3. The first kappa shape index (κ1) is 31.4. The van der Waals surface area contributed by atoms with Crippen LogP contribution in [0.5, 0.6) is 0 Å². The largest absolute Gasteiger partial charge is 0.326 e. The number of carbonyl (C=O) groups is 4. The van der Waals surface area contributed by atoms with Crippen LogP contribution in [0.25, 0.3) is 0 Å². The summed E-state index contributed by atoms with van der Waals surface area (Å²) in [7, 11) is 0. The highest BCUT2D eigenvalue weighted by molar-refractivity contribution is 5.95. The number of nitrogens with zero attached hydrogens (tertiary/aromatic N) is 2. The van der Waals surface area contributed by atoms with Crippen LogP contribution < -0.4 is 21.5 Å². The monoisotopic (exact) mass is 568 g/mol. The third-order valence-electron chi connectivity index (χ3n) is 6.23. The molecule has 3 rings (SSSR count). The summed E-state index contributed by atoms with van der Waals surface area (Å²) in [5, 5.41) is 13.5. The summed E-state index contributed by atoms with van der Waals surface area (Å²) >= 11 is 0. The lowest BCUT2D eigenvalue weighted by atomic mass is 10.1. The van der Waals surface area contributed by atoms with Crippen LogP contribution in [0.2, 0.25) is 0 Å². The fraction of sp³-hybridized carbons (Fsp3) is 0.250. The first-order chi connectivity index (χ1) is 20.1. The summed E-state index contributed by atoms with van der Waals surface area (Å²) in [5.41, 5.74) is 11.8. The number of hydrogen-bond acceptors (Lipinski definition) is 6. The van der Waals surface area contributed by atoms with Gasteiger partial charge in [-0.2, -0.15) is 10.2 Å². The summed E-state index contributed by atoms with van der Waals surface area (Å²) in [5.74, 6) is -1.22. The van der Waals surface area contributed by atoms with Crippen LogP contribution in [0.4, 0.5) is 11.4 Å². The Morgan fingerprint density at radius 3 is 1.29 bits per heavy atom. The van der Waals surface area contributed by atoms with E-state index in [-0.39, 0.29) is 49.3 Å². The van der Waals surface area contributed by atoms with Crippen LogP contribution in [0.3, 0.4) is 0 Å². The molecule has 0 bridgehead atoms. The minimum atomic E-state index is -0.371. The SMILES string of the molecule is Cc1ccc(C)c(NC(=O)CCC(=O)N/N=C/c2ccc(/C=N/NC(=O)CCC(=O)Nc3cc(C)ccc3C)cc2)c1. The third-order valence-corrected chi connectivity index (χ3v) is 6.23. The van der Waals surface area contributed by atoms with Crippen molar-refractivity contribution in [1.82, 2.24) is 10.9 Å². The van der Waals surface area contributed by atoms with Crippen LogP contribution in [0.15, 0.2) is 70.9 Å². The van der Waals surface area contributed by atoms with Gasteiger partial charge in [0.2, 0.25) is 23.6 Å². The van der Waals surface area contributed by atoms with Crippen molar-refractivity contribution in [2.45, 2.75) is 53.4 Å². The molecule has 0 aromatic heterocycles. The fourth-order valence-electron chi connectivity index (χ4n) is 3.76. The van der Waals surface area contributed by atoms with E-state index in [1.165, 1.54) is 12.4 Å². The van der Waals surface area contributed by atoms with Crippen molar-refractivity contribution in [2.75, 3.05) is 10.6 Å². The van der Waals surface area contributed by atoms with Gasteiger partial charge in [-0.15, -0.1) is 0 Å². The van der Waals surface area contributed by atoms with Gasteiger partial charge >= 0.3 is 0 Å². The van der Waals surface area contributed by atoms with Gasteiger partial charge in [0.25, 0.3) is 0 Å². The smallest absolute Gasteiger partial charge is 0.240 e. The summed E-state index contributed by atoms with van der Waals surface area (Å²) in [6.45, 7) is 7.71. The van der Waals surface area contributed by atoms with E-state index in [1.54, 1.807) is 24.3 Å². The van der Waals surface area contributed by atoms with E-state index < -0.39 is 0 Å². The zero-order valence-corrected chi connectivity index (χ0v) is 24.3. The predicted molar refractivity (Wildman–Crippen MR) is 165 cm³/mol. The van der Waals surface area contributed by atoms with Crippen LogP contribution >= 0.6 is 0 Å². The lowest BCUT2D eigenvalue weighted by Crippen LogP contribution is -2.21. The predicted octanol–water partition coefficient (Wildman–Crippen LogP) is 4.66. The minimum absolute atomic E-state index is 0.00618. The molecule has 0 unspecified atom stereocenters. The van der Waals surface area contributed by atoms with E-state index in [4.69, 9.17) is 0 Å². The van der Waals surface area contributed by atoms with E-state index in [2.05, 4.69) is 31.7 Å². The van der Waals surface area contributed by atoms with Gasteiger partial charge in [-0.05, 0) is 73.2 Å². The lowest BCUT2D eigenvalue weighted by Gasteiger charge is -2.09. The van der Waals surface area contributed by atoms with Crippen molar-refractivity contribution in [2.24, 2.45) is 10.2 Å². The maximum Gasteiger partial charge on any atom is 0.240 e. The lowest BCUT2D eigenvalue weighted by molar-refractivity contribution is -0.124. The number of hydrazone groups is 2. The molecule has 0 aliphatic heterocycles. The molecule has 0 saturated heterocycles. The van der Waals surface area contributed by atoms with E-state index >= 15 is 0 Å². The first-order valence-corrected chi connectivity index (χ1v) is 13.6. The number of nitrogens with one attached hydrogen (secondary N) is 4. The zero-order chi connectivity index (χ0) is 30.5. The fourth-order valence-corrected chi connectivity index (χ4v) is 3.76. The number of anilines is 2. The molecule has 4 N–H and O–H groups in total. The summed E-state index contributed by atoms with van der Waals surface area (Å²) in [4.78, 5) is 48.5. The van der Waals surface area contributed by atoms with Crippen molar-refractivity contribution in [3.63, 3.8) is 0 Å². The molecule has 3 aromatic rings. The Labute approximate surface area is 245 Å². The quantitative estimate of drug-likeness (QED) is 0.186. The third kappa shape index (κ3) is 10.8. The number of amides is 4. The Balaban J connectivity index is 1.34. The van der Waals surface area contributed by atoms with Gasteiger partial charge < -0.3 is 10.6 Å². The maximum atomic E-state index is 12.2. The standard InChI is InChI=1S/C32H36N6O4/c1-21-5-7-23(3)27(17-21)35-29(39)13-15-31(41)37-33-19-25-9-11-26(12-10-25)20-34-38-32(42)16-14-30(40)36-28-18-22(2)6-8-24(28)4/h5-12,17-20H,13-16H2,1-4H3,(H,35,39)(H,36,40)(H,37,41)(H,38,42)/b33-19+,34-20+. The molecule has 42 heavy (non-hydrogen) atoms. The number of benzene rings is 3. The molecule has 0 radical (unpaired) electrons. The highest BCUT2D eigenvalue weighted by Gasteiger charge is 2.09. The highest BCUT2D eigenvalue weighted by Crippen LogP contribution is 2.17. The summed E-state index contributed by atoms with van der Waals surface area (Å²) < 4.78 is 0. The van der Waals surface area contributed by atoms with Gasteiger partial charge in [0, 0.05) is 37.1 Å². The van der Waals surface area contributed by atoms with Crippen LogP contribution in [0, 0.1) is 27.7 Å². The van der Waals surface area contributed by atoms with Crippen molar-refractivity contribution in [3.8, 4) is 0 Å². The second kappa shape index (κ2) is 15.6. The Morgan fingerprint density at radius 2 is 0.905 bits per heavy atom. The van der Waals surface area contributed by atoms with E-state index in [9.17, 15) is 19.2 Å². The normalized spacial score (nSPS) is 11.0. The molecule has 0 fully saturated rings. The molecule has 0 spiro atoms. The number of aryl methyl sites for hydroxylation is 4. The van der Waals surface area contributed by atoms with E-state index in [1.807, 2.05) is 64.1 Å². The van der Waals surface area contributed by atoms with Crippen molar-refractivity contribution in [1.29, 1.82) is 0 Å². The Morgan fingerprint density at radius 1 is 0.548 bits per heavy atom. The van der Waals surface area contributed by atoms with Crippen LogP contribution in [-0.4, -0.2) is 36.1 Å². The first-order valence-electron chi connectivity index (χ1n) is 13.6. The highest BCUT2D eigenvalue weighted by atomic mass is 16.2. The van der Waals surface area contributed by atoms with Crippen LogP contribution in [0.1, 0.15) is 59.1 Å². The van der Waals surface area contributed by atoms with Crippen LogP contribution in [-0.2, 0) is 19.2 Å². The van der Waals surface area contributed by atoms with Gasteiger partial charge in [-0.1, -0.05) is 48.5 Å². The molecular weight excluding hydrogens is 532 g/mol. The second-order valence-corrected chi connectivity index (χ2v) is 9.99. The van der Waals surface area contributed by atoms with Gasteiger partial charge in [0.05, 0.1) is 12.4 Å². The van der Waals surface area contributed by atoms with Gasteiger partial charge in [0.15, 0.2) is 0 Å². The summed E-state index contributed by atoms with van der Waals surface area (Å²) in [6, 6.07) is 18.7. The van der Waals surface area contributed by atoms with E-state index in [0.29, 0.717) is 0 Å². The Hall–Kier alpha value is -5.12.